The van der Waals surface area contributed by atoms with Crippen LogP contribution in [0.3, 0.4) is 0 Å². The number of unbranched alkanes of at least 4 members (excludes halogenated alkanes) is 2. The molecule has 1 saturated heterocycles. The van der Waals surface area contributed by atoms with Crippen LogP contribution in [-0.4, -0.2) is 47.8 Å². The van der Waals surface area contributed by atoms with Crippen molar-refractivity contribution in [2.45, 2.75) is 19.3 Å². The first kappa shape index (κ1) is 18.1. The van der Waals surface area contributed by atoms with Crippen LogP contribution in [0.1, 0.15) is 19.3 Å². The molecule has 0 spiro atoms. The Hall–Kier alpha value is 0.0300. The highest BCUT2D eigenvalue weighted by Gasteiger charge is 2.26. The molecule has 1 aromatic rings. The summed E-state index contributed by atoms with van der Waals surface area (Å²) in [6, 6.07) is 3.86. The summed E-state index contributed by atoms with van der Waals surface area (Å²) in [5.74, 6) is 3.34. The first-order valence-electron chi connectivity index (χ1n) is 6.84. The highest BCUT2D eigenvalue weighted by atomic mass is 79.9. The summed E-state index contributed by atoms with van der Waals surface area (Å²) in [6.45, 7) is 3.42. The van der Waals surface area contributed by atoms with Crippen LogP contribution in [0.15, 0.2) is 22.8 Å². The normalized spacial score (nSPS) is 21.5. The van der Waals surface area contributed by atoms with Crippen LogP contribution in [0, 0.1) is 0 Å². The molecule has 1 aromatic heterocycles. The molecule has 0 N–H and O–H groups in total. The smallest absolute Gasteiger partial charge is 0.213 e. The van der Waals surface area contributed by atoms with Crippen LogP contribution in [-0.2, 0) is 0 Å². The topological polar surface area (TPSA) is 22.1 Å². The van der Waals surface area contributed by atoms with Crippen molar-refractivity contribution in [3.05, 3.63) is 22.8 Å². The Bertz CT molecular complexity index is 385. The molecule has 1 fully saturated rings. The molecule has 0 aliphatic carbocycles. The summed E-state index contributed by atoms with van der Waals surface area (Å²) >= 11 is 5.45. The lowest BCUT2D eigenvalue weighted by Crippen LogP contribution is -3.00. The van der Waals surface area contributed by atoms with E-state index in [2.05, 4.69) is 39.7 Å². The standard InChI is InChI=1S/C14H22BrN2OS.ClH/c1-17(8-10-19-12-17)7-3-2-4-9-18-14-6-5-13(15)11-16-14;/h5-6,11H,2-4,7-10,12H2,1H3;1H/q+1;/p-1. The highest BCUT2D eigenvalue weighted by molar-refractivity contribution is 9.10. The third-order valence-corrected chi connectivity index (χ3v) is 5.22. The van der Waals surface area contributed by atoms with Gasteiger partial charge < -0.3 is 21.6 Å². The van der Waals surface area contributed by atoms with Gasteiger partial charge in [-0.1, -0.05) is 11.8 Å². The third kappa shape index (κ3) is 6.20. The van der Waals surface area contributed by atoms with Crippen LogP contribution < -0.4 is 17.1 Å². The fraction of sp³-hybridized carbons (Fsp3) is 0.643. The van der Waals surface area contributed by atoms with Crippen LogP contribution in [0.2, 0.25) is 0 Å². The van der Waals surface area contributed by atoms with Gasteiger partial charge in [-0.15, -0.1) is 0 Å². The molecule has 114 valence electrons. The molecule has 0 aromatic carbocycles. The Morgan fingerprint density at radius 3 is 2.85 bits per heavy atom. The Kier molecular flexibility index (Phi) is 8.25. The lowest BCUT2D eigenvalue weighted by atomic mass is 10.2. The maximum atomic E-state index is 5.62. The number of aromatic nitrogens is 1. The van der Waals surface area contributed by atoms with Gasteiger partial charge in [-0.3, -0.25) is 0 Å². The summed E-state index contributed by atoms with van der Waals surface area (Å²) in [5, 5.41) is 0. The van der Waals surface area contributed by atoms with Crippen LogP contribution in [0.25, 0.3) is 0 Å². The largest absolute Gasteiger partial charge is 1.00 e. The molecule has 0 saturated carbocycles. The molecule has 1 atom stereocenters. The Morgan fingerprint density at radius 1 is 1.35 bits per heavy atom. The summed E-state index contributed by atoms with van der Waals surface area (Å²) in [6.07, 6.45) is 5.43. The highest BCUT2D eigenvalue weighted by Crippen LogP contribution is 2.21. The monoisotopic (exact) mass is 380 g/mol. The van der Waals surface area contributed by atoms with E-state index in [1.165, 1.54) is 42.0 Å². The molecule has 0 bridgehead atoms. The molecule has 1 aliphatic rings. The SMILES string of the molecule is C[N+]1(CCCCCOc2ccc(Br)cn2)CCSC1.[Cl-]. The molecule has 0 amide bonds. The number of thioether (sulfide) groups is 1. The quantitative estimate of drug-likeness (QED) is 0.509. The van der Waals surface area contributed by atoms with Gasteiger partial charge in [-0.2, -0.15) is 0 Å². The minimum Gasteiger partial charge on any atom is -1.00 e. The van der Waals surface area contributed by atoms with E-state index in [0.717, 1.165) is 23.4 Å². The van der Waals surface area contributed by atoms with Crippen molar-refractivity contribution in [3.8, 4) is 5.88 Å². The summed E-state index contributed by atoms with van der Waals surface area (Å²) in [7, 11) is 2.38. The molecule has 6 heteroatoms. The van der Waals surface area contributed by atoms with Gasteiger partial charge in [-0.25, -0.2) is 4.98 Å². The maximum Gasteiger partial charge on any atom is 0.213 e. The zero-order valence-electron chi connectivity index (χ0n) is 11.9. The van der Waals surface area contributed by atoms with Gasteiger partial charge in [0.05, 0.1) is 26.7 Å². The zero-order valence-corrected chi connectivity index (χ0v) is 15.0. The molecule has 2 heterocycles. The molecule has 2 rings (SSSR count). The molecular formula is C14H22BrClN2OS. The van der Waals surface area contributed by atoms with E-state index in [9.17, 15) is 0 Å². The minimum absolute atomic E-state index is 0. The van der Waals surface area contributed by atoms with E-state index < -0.39 is 0 Å². The van der Waals surface area contributed by atoms with Gasteiger partial charge in [0.2, 0.25) is 5.88 Å². The Balaban J connectivity index is 0.00000200. The molecular weight excluding hydrogens is 360 g/mol. The van der Waals surface area contributed by atoms with Gasteiger partial charge in [0.15, 0.2) is 0 Å². The van der Waals surface area contributed by atoms with Gasteiger partial charge in [0, 0.05) is 22.5 Å². The summed E-state index contributed by atoms with van der Waals surface area (Å²) in [5.41, 5.74) is 0. The number of hydrogen-bond donors (Lipinski definition) is 0. The first-order chi connectivity index (χ1) is 9.18. The second kappa shape index (κ2) is 9.13. The van der Waals surface area contributed by atoms with E-state index in [-0.39, 0.29) is 12.4 Å². The number of pyridine rings is 1. The molecule has 3 nitrogen and oxygen atoms in total. The van der Waals surface area contributed by atoms with Crippen molar-refractivity contribution >= 4 is 27.7 Å². The maximum absolute atomic E-state index is 5.62. The Labute approximate surface area is 140 Å². The van der Waals surface area contributed by atoms with Crippen LogP contribution >= 0.6 is 27.7 Å². The number of ether oxygens (including phenoxy) is 1. The van der Waals surface area contributed by atoms with Gasteiger partial charge in [-0.05, 0) is 41.3 Å². The van der Waals surface area contributed by atoms with Crippen molar-refractivity contribution < 1.29 is 21.6 Å². The summed E-state index contributed by atoms with van der Waals surface area (Å²) in [4.78, 5) is 4.20. The molecule has 1 aliphatic heterocycles. The van der Waals surface area contributed by atoms with Crippen molar-refractivity contribution in [2.75, 3.05) is 38.4 Å². The van der Waals surface area contributed by atoms with Crippen molar-refractivity contribution in [2.24, 2.45) is 0 Å². The van der Waals surface area contributed by atoms with E-state index >= 15 is 0 Å². The van der Waals surface area contributed by atoms with Crippen molar-refractivity contribution in [3.63, 3.8) is 0 Å². The molecule has 1 unspecified atom stereocenters. The van der Waals surface area contributed by atoms with Crippen LogP contribution in [0.5, 0.6) is 5.88 Å². The van der Waals surface area contributed by atoms with E-state index in [1.807, 2.05) is 12.1 Å². The number of rotatable bonds is 7. The van der Waals surface area contributed by atoms with Crippen molar-refractivity contribution in [1.29, 1.82) is 0 Å². The lowest BCUT2D eigenvalue weighted by molar-refractivity contribution is -0.890. The number of halogens is 2. The number of hydrogen-bond acceptors (Lipinski definition) is 3. The second-order valence-electron chi connectivity index (χ2n) is 5.33. The number of quaternary nitrogens is 1. The average molecular weight is 382 g/mol. The zero-order chi connectivity index (χ0) is 13.6. The predicted molar refractivity (Wildman–Crippen MR) is 84.5 cm³/mol. The van der Waals surface area contributed by atoms with Crippen LogP contribution in [0.4, 0.5) is 0 Å². The van der Waals surface area contributed by atoms with Gasteiger partial charge >= 0.3 is 0 Å². The molecule has 20 heavy (non-hydrogen) atoms. The van der Waals surface area contributed by atoms with E-state index in [1.54, 1.807) is 6.20 Å². The fourth-order valence-electron chi connectivity index (χ4n) is 2.21. The minimum atomic E-state index is 0. The predicted octanol–water partition coefficient (Wildman–Crippen LogP) is 0.548. The molecule has 0 radical (unpaired) electrons. The van der Waals surface area contributed by atoms with E-state index in [0.29, 0.717) is 0 Å². The van der Waals surface area contributed by atoms with Crippen molar-refractivity contribution in [1.82, 2.24) is 4.98 Å². The fourth-order valence-corrected chi connectivity index (χ4v) is 3.84. The lowest BCUT2D eigenvalue weighted by Gasteiger charge is -2.28. The summed E-state index contributed by atoms with van der Waals surface area (Å²) < 4.78 is 7.85. The third-order valence-electron chi connectivity index (χ3n) is 3.47. The average Bonchev–Trinajstić information content (AvgIpc) is 2.83. The van der Waals surface area contributed by atoms with Gasteiger partial charge in [0.1, 0.15) is 5.88 Å². The number of nitrogens with zero attached hydrogens (tertiary/aromatic N) is 2. The van der Waals surface area contributed by atoms with Gasteiger partial charge in [0.25, 0.3) is 0 Å². The van der Waals surface area contributed by atoms with E-state index in [4.69, 9.17) is 4.74 Å². The first-order valence-corrected chi connectivity index (χ1v) is 8.78. The second-order valence-corrected chi connectivity index (χ2v) is 7.32. The Morgan fingerprint density at radius 2 is 2.20 bits per heavy atom.